The van der Waals surface area contributed by atoms with Gasteiger partial charge in [-0.1, -0.05) is 102 Å². The van der Waals surface area contributed by atoms with E-state index in [0.717, 1.165) is 78.7 Å². The van der Waals surface area contributed by atoms with Crippen molar-refractivity contribution in [3.05, 3.63) is 144 Å². The van der Waals surface area contributed by atoms with Crippen molar-refractivity contribution < 1.29 is 8.83 Å². The third kappa shape index (κ3) is 5.89. The van der Waals surface area contributed by atoms with Crippen LogP contribution in [0.15, 0.2) is 130 Å². The molecule has 4 heterocycles. The molecule has 51 heavy (non-hydrogen) atoms. The lowest BCUT2D eigenvalue weighted by Crippen LogP contribution is -2.21. The van der Waals surface area contributed by atoms with Crippen molar-refractivity contribution in [2.45, 2.75) is 71.6 Å². The van der Waals surface area contributed by atoms with Gasteiger partial charge in [-0.25, -0.2) is 9.36 Å². The van der Waals surface area contributed by atoms with E-state index in [1.807, 2.05) is 12.1 Å². The van der Waals surface area contributed by atoms with Gasteiger partial charge in [0, 0.05) is 32.7 Å². The number of benzene rings is 4. The Kier molecular flexibility index (Phi) is 7.49. The lowest BCUT2D eigenvalue weighted by Gasteiger charge is -2.19. The van der Waals surface area contributed by atoms with E-state index in [4.69, 9.17) is 19.0 Å². The second-order valence-electron chi connectivity index (χ2n) is 16.2. The van der Waals surface area contributed by atoms with E-state index in [9.17, 15) is 0 Å². The fraction of sp³-hybridized carbons (Fsp3) is 0.244. The van der Waals surface area contributed by atoms with Crippen LogP contribution in [0.1, 0.15) is 78.3 Å². The molecule has 6 heteroatoms. The highest BCUT2D eigenvalue weighted by Gasteiger charge is 2.32. The van der Waals surface area contributed by atoms with Crippen LogP contribution in [0.25, 0.3) is 55.8 Å². The summed E-state index contributed by atoms with van der Waals surface area (Å²) in [5.74, 6) is 1.93. The fourth-order valence-electron chi connectivity index (χ4n) is 6.59. The van der Waals surface area contributed by atoms with Crippen LogP contribution >= 0.6 is 0 Å². The van der Waals surface area contributed by atoms with Gasteiger partial charge in [-0.3, -0.25) is 0 Å². The first-order valence-electron chi connectivity index (χ1n) is 17.7. The maximum atomic E-state index is 6.24. The van der Waals surface area contributed by atoms with Crippen molar-refractivity contribution in [3.63, 3.8) is 0 Å². The molecular weight excluding hydrogens is 629 g/mol. The molecule has 0 saturated carbocycles. The van der Waals surface area contributed by atoms with E-state index < -0.39 is 5.41 Å². The average molecular weight is 673 g/mol. The summed E-state index contributed by atoms with van der Waals surface area (Å²) in [5.41, 5.74) is 9.05. The largest absolute Gasteiger partial charge is 0.461 e. The van der Waals surface area contributed by atoms with Crippen molar-refractivity contribution in [1.29, 1.82) is 0 Å². The molecule has 0 N–H and O–H groups in total. The molecule has 0 aliphatic heterocycles. The first-order chi connectivity index (χ1) is 24.3. The zero-order chi connectivity index (χ0) is 35.7. The summed E-state index contributed by atoms with van der Waals surface area (Å²) in [5, 5.41) is 12.8. The van der Waals surface area contributed by atoms with E-state index >= 15 is 0 Å². The van der Waals surface area contributed by atoms with Crippen LogP contribution < -0.4 is 0 Å². The van der Waals surface area contributed by atoms with Gasteiger partial charge < -0.3 is 8.83 Å². The van der Waals surface area contributed by atoms with E-state index in [2.05, 4.69) is 174 Å². The van der Waals surface area contributed by atoms with Gasteiger partial charge in [0.25, 0.3) is 0 Å². The average Bonchev–Trinajstić information content (AvgIpc) is 3.92. The molecule has 0 saturated heterocycles. The van der Waals surface area contributed by atoms with Crippen molar-refractivity contribution in [3.8, 4) is 33.9 Å². The molecule has 0 aliphatic rings. The molecule has 0 aliphatic carbocycles. The fourth-order valence-corrected chi connectivity index (χ4v) is 6.59. The first-order valence-corrected chi connectivity index (χ1v) is 17.7. The monoisotopic (exact) mass is 672 g/mol. The second-order valence-corrected chi connectivity index (χ2v) is 16.2. The summed E-state index contributed by atoms with van der Waals surface area (Å²) >= 11 is 0. The smallest absolute Gasteiger partial charge is 0.134 e. The number of furan rings is 2. The molecule has 0 radical (unpaired) electrons. The molecule has 0 unspecified atom stereocenters. The lowest BCUT2D eigenvalue weighted by atomic mass is 9.85. The third-order valence-electron chi connectivity index (χ3n) is 9.81. The van der Waals surface area contributed by atoms with Crippen LogP contribution in [-0.2, 0) is 16.2 Å². The summed E-state index contributed by atoms with van der Waals surface area (Å²) < 4.78 is 16.6. The van der Waals surface area contributed by atoms with Crippen LogP contribution in [0.3, 0.4) is 0 Å². The second kappa shape index (κ2) is 11.7. The minimum Gasteiger partial charge on any atom is -0.461 e. The van der Waals surface area contributed by atoms with Gasteiger partial charge in [-0.05, 0) is 74.5 Å². The Morgan fingerprint density at radius 3 is 1.22 bits per heavy atom. The molecule has 4 aromatic carbocycles. The molecule has 8 rings (SSSR count). The van der Waals surface area contributed by atoms with Crippen molar-refractivity contribution in [1.82, 2.24) is 19.6 Å². The van der Waals surface area contributed by atoms with Crippen molar-refractivity contribution in [2.75, 3.05) is 0 Å². The molecule has 6 nitrogen and oxygen atoms in total. The molecule has 0 spiro atoms. The molecule has 4 aromatic heterocycles. The van der Waals surface area contributed by atoms with Crippen molar-refractivity contribution >= 4 is 21.9 Å². The Bertz CT molecular complexity index is 2340. The Morgan fingerprint density at radius 1 is 0.451 bits per heavy atom. The first kappa shape index (κ1) is 32.6. The van der Waals surface area contributed by atoms with Gasteiger partial charge in [0.05, 0.1) is 39.6 Å². The highest BCUT2D eigenvalue weighted by Crippen LogP contribution is 2.38. The number of aromatic nitrogens is 4. The maximum absolute atomic E-state index is 6.24. The van der Waals surface area contributed by atoms with Crippen LogP contribution in [-0.4, -0.2) is 19.6 Å². The number of hydrogen-bond donors (Lipinski definition) is 0. The summed E-state index contributed by atoms with van der Waals surface area (Å²) in [6, 6.07) is 42.3. The minimum atomic E-state index is -0.540. The molecule has 0 bridgehead atoms. The van der Waals surface area contributed by atoms with Gasteiger partial charge in [0.2, 0.25) is 0 Å². The van der Waals surface area contributed by atoms with Gasteiger partial charge in [0.1, 0.15) is 22.7 Å². The zero-order valence-electron chi connectivity index (χ0n) is 30.7. The van der Waals surface area contributed by atoms with Crippen LogP contribution in [0, 0.1) is 0 Å². The number of rotatable bonds is 6. The topological polar surface area (TPSA) is 61.9 Å². The van der Waals surface area contributed by atoms with E-state index in [-0.39, 0.29) is 10.8 Å². The predicted molar refractivity (Wildman–Crippen MR) is 207 cm³/mol. The third-order valence-corrected chi connectivity index (χ3v) is 9.81. The summed E-state index contributed by atoms with van der Waals surface area (Å²) in [6.07, 6.45) is 0. The lowest BCUT2D eigenvalue weighted by molar-refractivity contribution is 0.430. The Labute approximate surface area is 299 Å². The highest BCUT2D eigenvalue weighted by atomic mass is 16.3. The van der Waals surface area contributed by atoms with Crippen LogP contribution in [0.2, 0.25) is 0 Å². The molecule has 0 fully saturated rings. The Morgan fingerprint density at radius 2 is 0.843 bits per heavy atom. The quantitative estimate of drug-likeness (QED) is 0.176. The zero-order valence-corrected chi connectivity index (χ0v) is 30.7. The predicted octanol–water partition coefficient (Wildman–Crippen LogP) is 11.8. The molecule has 8 aromatic rings. The number of fused-ring (bicyclic) bond motifs is 2. The maximum Gasteiger partial charge on any atom is 0.134 e. The minimum absolute atomic E-state index is 0.0844. The standard InChI is InChI=1S/C45H44N4O2/c1-43(2,3)41-25-31-23-33(19-21-37(31)50-41)48-35(29-15-11-9-12-16-29)27-39(46-48)45(7,8)40-28-36(30-17-13-10-14-18-30)49(47-40)34-20-22-38-32(24-34)26-42(51-38)44(4,5)6/h9-28H,1-8H3. The van der Waals surface area contributed by atoms with Crippen LogP contribution in [0.5, 0.6) is 0 Å². The van der Waals surface area contributed by atoms with E-state index in [1.54, 1.807) is 0 Å². The normalized spacial score (nSPS) is 12.7. The van der Waals surface area contributed by atoms with Gasteiger partial charge in [-0.2, -0.15) is 10.2 Å². The molecule has 0 amide bonds. The van der Waals surface area contributed by atoms with Crippen LogP contribution in [0.4, 0.5) is 0 Å². The summed E-state index contributed by atoms with van der Waals surface area (Å²) in [7, 11) is 0. The van der Waals surface area contributed by atoms with Gasteiger partial charge >= 0.3 is 0 Å². The van der Waals surface area contributed by atoms with Crippen molar-refractivity contribution in [2.24, 2.45) is 0 Å². The SMILES string of the molecule is CC(C)(C)c1cc2cc(-n3nc(C(C)(C)c4cc(-c5ccccc5)n(-c5ccc6oc(C(C)(C)C)cc6c5)n4)cc3-c3ccccc3)ccc2o1. The van der Waals surface area contributed by atoms with E-state index in [0.29, 0.717) is 0 Å². The summed E-state index contributed by atoms with van der Waals surface area (Å²) in [4.78, 5) is 0. The van der Waals surface area contributed by atoms with Gasteiger partial charge in [0.15, 0.2) is 0 Å². The molecule has 0 atom stereocenters. The molecule has 256 valence electrons. The number of nitrogens with zero attached hydrogens (tertiary/aromatic N) is 4. The molecular formula is C45H44N4O2. The Hall–Kier alpha value is -5.62. The van der Waals surface area contributed by atoms with Gasteiger partial charge in [-0.15, -0.1) is 0 Å². The highest BCUT2D eigenvalue weighted by molar-refractivity contribution is 5.82. The van der Waals surface area contributed by atoms with E-state index in [1.165, 1.54) is 0 Å². The Balaban J connectivity index is 1.26. The summed E-state index contributed by atoms with van der Waals surface area (Å²) in [6.45, 7) is 17.4. The number of hydrogen-bond acceptors (Lipinski definition) is 4.